The number of nitro benzene ring substituents is 1. The Hall–Kier alpha value is -1.18. The monoisotopic (exact) mass is 358 g/mol. The van der Waals surface area contributed by atoms with E-state index in [0.29, 0.717) is 16.6 Å². The van der Waals surface area contributed by atoms with Crippen molar-refractivity contribution in [3.05, 3.63) is 32.3 Å². The third kappa shape index (κ3) is 4.15. The van der Waals surface area contributed by atoms with E-state index < -0.39 is 11.0 Å². The minimum atomic E-state index is -0.831. The molecule has 1 atom stereocenters. The summed E-state index contributed by atoms with van der Waals surface area (Å²) in [6.07, 6.45) is 1.55. The fourth-order valence-corrected chi connectivity index (χ4v) is 2.95. The Balaban J connectivity index is 2.16. The minimum absolute atomic E-state index is 0.123. The SMILES string of the molecule is C[C@H](O)c1cc(Br)cc([N+](=O)[O-])c1OCCN1CCCC1. The van der Waals surface area contributed by atoms with Crippen molar-refractivity contribution in [3.8, 4) is 5.75 Å². The van der Waals surface area contributed by atoms with Crippen LogP contribution in [0.1, 0.15) is 31.4 Å². The molecule has 1 saturated heterocycles. The second-order valence-electron chi connectivity index (χ2n) is 5.17. The van der Waals surface area contributed by atoms with E-state index in [1.165, 1.54) is 18.9 Å². The zero-order chi connectivity index (χ0) is 15.4. The van der Waals surface area contributed by atoms with Crippen molar-refractivity contribution in [2.75, 3.05) is 26.2 Å². The highest BCUT2D eigenvalue weighted by Gasteiger charge is 2.23. The summed E-state index contributed by atoms with van der Waals surface area (Å²) in [6, 6.07) is 3.06. The molecule has 0 aromatic heterocycles. The first kappa shape index (κ1) is 16.2. The number of nitro groups is 1. The van der Waals surface area contributed by atoms with E-state index in [0.717, 1.165) is 19.6 Å². The van der Waals surface area contributed by atoms with Crippen LogP contribution in [0.5, 0.6) is 5.75 Å². The van der Waals surface area contributed by atoms with Gasteiger partial charge in [0.05, 0.1) is 11.0 Å². The second kappa shape index (κ2) is 7.20. The molecule has 7 heteroatoms. The standard InChI is InChI=1S/C14H19BrN2O4/c1-10(18)12-8-11(15)9-13(17(19)20)14(12)21-7-6-16-4-2-3-5-16/h8-10,18H,2-7H2,1H3/t10-/m0/s1. The van der Waals surface area contributed by atoms with Crippen molar-refractivity contribution >= 4 is 21.6 Å². The van der Waals surface area contributed by atoms with Crippen LogP contribution in [0.25, 0.3) is 0 Å². The van der Waals surface area contributed by atoms with E-state index in [1.807, 2.05) is 0 Å². The first-order chi connectivity index (χ1) is 9.99. The lowest BCUT2D eigenvalue weighted by molar-refractivity contribution is -0.386. The Kier molecular flexibility index (Phi) is 5.55. The number of rotatable bonds is 6. The molecule has 0 radical (unpaired) electrons. The third-order valence-corrected chi connectivity index (χ3v) is 4.02. The van der Waals surface area contributed by atoms with Gasteiger partial charge in [-0.3, -0.25) is 15.0 Å². The first-order valence-corrected chi connectivity index (χ1v) is 7.79. The predicted octanol–water partition coefficient (Wildman–Crippen LogP) is 2.89. The van der Waals surface area contributed by atoms with Crippen LogP contribution in [-0.2, 0) is 0 Å². The van der Waals surface area contributed by atoms with Crippen molar-refractivity contribution in [3.63, 3.8) is 0 Å². The van der Waals surface area contributed by atoms with Gasteiger partial charge >= 0.3 is 5.69 Å². The van der Waals surface area contributed by atoms with Gasteiger partial charge in [0.1, 0.15) is 6.61 Å². The molecule has 0 aliphatic carbocycles. The highest BCUT2D eigenvalue weighted by atomic mass is 79.9. The maximum atomic E-state index is 11.2. The van der Waals surface area contributed by atoms with Gasteiger partial charge in [0.15, 0.2) is 0 Å². The fraction of sp³-hybridized carbons (Fsp3) is 0.571. The topological polar surface area (TPSA) is 75.8 Å². The number of halogens is 1. The Labute approximate surface area is 132 Å². The number of hydrogen-bond donors (Lipinski definition) is 1. The van der Waals surface area contributed by atoms with Gasteiger partial charge in [0.25, 0.3) is 0 Å². The van der Waals surface area contributed by atoms with Crippen molar-refractivity contribution < 1.29 is 14.8 Å². The van der Waals surface area contributed by atoms with Crippen molar-refractivity contribution in [1.29, 1.82) is 0 Å². The van der Waals surface area contributed by atoms with E-state index >= 15 is 0 Å². The van der Waals surface area contributed by atoms with Crippen LogP contribution in [-0.4, -0.2) is 41.2 Å². The molecule has 0 amide bonds. The van der Waals surface area contributed by atoms with Gasteiger partial charge in [-0.15, -0.1) is 0 Å². The molecule has 6 nitrogen and oxygen atoms in total. The maximum absolute atomic E-state index is 11.2. The summed E-state index contributed by atoms with van der Waals surface area (Å²) in [5.41, 5.74) is 0.305. The molecule has 1 aromatic carbocycles. The Bertz CT molecular complexity index is 516. The summed E-state index contributed by atoms with van der Waals surface area (Å²) in [4.78, 5) is 13.0. The van der Waals surface area contributed by atoms with Crippen LogP contribution in [0.3, 0.4) is 0 Å². The first-order valence-electron chi connectivity index (χ1n) is 7.00. The highest BCUT2D eigenvalue weighted by Crippen LogP contribution is 2.37. The van der Waals surface area contributed by atoms with Crippen molar-refractivity contribution in [2.24, 2.45) is 0 Å². The van der Waals surface area contributed by atoms with Gasteiger partial charge in [0.2, 0.25) is 5.75 Å². The normalized spacial score (nSPS) is 16.9. The molecule has 1 aromatic rings. The summed E-state index contributed by atoms with van der Waals surface area (Å²) in [5.74, 6) is 0.164. The van der Waals surface area contributed by atoms with Gasteiger partial charge in [-0.1, -0.05) is 15.9 Å². The number of ether oxygens (including phenoxy) is 1. The van der Waals surface area contributed by atoms with E-state index in [-0.39, 0.29) is 11.4 Å². The van der Waals surface area contributed by atoms with Gasteiger partial charge in [-0.05, 0) is 38.9 Å². The van der Waals surface area contributed by atoms with Crippen LogP contribution >= 0.6 is 15.9 Å². The summed E-state index contributed by atoms with van der Waals surface area (Å²) < 4.78 is 6.20. The quantitative estimate of drug-likeness (QED) is 0.624. The van der Waals surface area contributed by atoms with Crippen LogP contribution in [0.15, 0.2) is 16.6 Å². The lowest BCUT2D eigenvalue weighted by atomic mass is 10.1. The zero-order valence-corrected chi connectivity index (χ0v) is 13.5. The molecule has 1 N–H and O–H groups in total. The van der Waals surface area contributed by atoms with Crippen molar-refractivity contribution in [2.45, 2.75) is 25.9 Å². The van der Waals surface area contributed by atoms with Crippen LogP contribution in [0, 0.1) is 10.1 Å². The maximum Gasteiger partial charge on any atom is 0.312 e. The van der Waals surface area contributed by atoms with E-state index in [1.54, 1.807) is 13.0 Å². The molecule has 2 rings (SSSR count). The number of hydrogen-bond acceptors (Lipinski definition) is 5. The largest absolute Gasteiger partial charge is 0.485 e. The molecule has 0 unspecified atom stereocenters. The molecule has 0 bridgehead atoms. The number of aliphatic hydroxyl groups excluding tert-OH is 1. The molecule has 21 heavy (non-hydrogen) atoms. The number of aliphatic hydroxyl groups is 1. The fourth-order valence-electron chi connectivity index (χ4n) is 2.49. The van der Waals surface area contributed by atoms with E-state index in [9.17, 15) is 15.2 Å². The van der Waals surface area contributed by atoms with Gasteiger partial charge < -0.3 is 9.84 Å². The molecule has 0 saturated carbocycles. The lowest BCUT2D eigenvalue weighted by Gasteiger charge is -2.17. The Morgan fingerprint density at radius 3 is 2.71 bits per heavy atom. The van der Waals surface area contributed by atoms with E-state index in [2.05, 4.69) is 20.8 Å². The molecule has 1 heterocycles. The highest BCUT2D eigenvalue weighted by molar-refractivity contribution is 9.10. The average molecular weight is 359 g/mol. The summed E-state index contributed by atoms with van der Waals surface area (Å²) >= 11 is 3.23. The molecule has 1 fully saturated rings. The predicted molar refractivity (Wildman–Crippen MR) is 82.6 cm³/mol. The zero-order valence-electron chi connectivity index (χ0n) is 11.9. The number of nitrogens with zero attached hydrogens (tertiary/aromatic N) is 2. The third-order valence-electron chi connectivity index (χ3n) is 3.56. The Morgan fingerprint density at radius 1 is 1.48 bits per heavy atom. The van der Waals surface area contributed by atoms with Gasteiger partial charge in [0, 0.05) is 22.6 Å². The minimum Gasteiger partial charge on any atom is -0.485 e. The molecular formula is C14H19BrN2O4. The number of benzene rings is 1. The Morgan fingerprint density at radius 2 is 2.14 bits per heavy atom. The van der Waals surface area contributed by atoms with E-state index in [4.69, 9.17) is 4.74 Å². The van der Waals surface area contributed by atoms with Crippen molar-refractivity contribution in [1.82, 2.24) is 4.90 Å². The van der Waals surface area contributed by atoms with Gasteiger partial charge in [-0.2, -0.15) is 0 Å². The van der Waals surface area contributed by atoms with Gasteiger partial charge in [-0.25, -0.2) is 0 Å². The summed E-state index contributed by atoms with van der Waals surface area (Å²) in [5, 5.41) is 21.0. The average Bonchev–Trinajstić information content (AvgIpc) is 2.92. The van der Waals surface area contributed by atoms with Crippen LogP contribution < -0.4 is 4.74 Å². The van der Waals surface area contributed by atoms with Crippen LogP contribution in [0.2, 0.25) is 0 Å². The molecular weight excluding hydrogens is 340 g/mol. The summed E-state index contributed by atoms with van der Waals surface area (Å²) in [7, 11) is 0. The molecule has 1 aliphatic rings. The molecule has 1 aliphatic heterocycles. The number of likely N-dealkylation sites (tertiary alicyclic amines) is 1. The molecule has 116 valence electrons. The smallest absolute Gasteiger partial charge is 0.312 e. The van der Waals surface area contributed by atoms with Crippen LogP contribution in [0.4, 0.5) is 5.69 Å². The summed E-state index contributed by atoms with van der Waals surface area (Å²) in [6.45, 7) is 4.79. The second-order valence-corrected chi connectivity index (χ2v) is 6.09. The molecule has 0 spiro atoms. The lowest BCUT2D eigenvalue weighted by Crippen LogP contribution is -2.25.